The number of urea groups is 1. The van der Waals surface area contributed by atoms with Crippen LogP contribution in [0.4, 0.5) is 4.79 Å². The number of rotatable bonds is 10. The Morgan fingerprint density at radius 2 is 2.04 bits per heavy atom. The number of aliphatic carboxylic acids is 1. The van der Waals surface area contributed by atoms with Crippen molar-refractivity contribution >= 4 is 29.7 Å². The minimum Gasteiger partial charge on any atom is -0.481 e. The van der Waals surface area contributed by atoms with Gasteiger partial charge in [-0.15, -0.1) is 0 Å². The van der Waals surface area contributed by atoms with Crippen LogP contribution in [0.25, 0.3) is 0 Å². The Morgan fingerprint density at radius 3 is 2.72 bits per heavy atom. The van der Waals surface area contributed by atoms with Crippen molar-refractivity contribution in [3.8, 4) is 0 Å². The molecule has 0 unspecified atom stereocenters. The number of amides is 3. The standard InChI is InChI=1S/C17H29N3O4S/c1-11(2)9-20(8-7-15(22)23)14(21)6-4-3-5-13-16-12(10-25-13)18-17(24)19-16/h11-13,16H,3-10H2,1-2H3,(H,22,23)(H2,18,19,24)/t12-,13-,16-/m0/s1. The van der Waals surface area contributed by atoms with E-state index in [1.165, 1.54) is 0 Å². The molecule has 3 N–H and O–H groups in total. The number of unbranched alkanes of at least 4 members (excludes halogenated alkanes) is 1. The van der Waals surface area contributed by atoms with Crippen LogP contribution < -0.4 is 10.6 Å². The molecular weight excluding hydrogens is 342 g/mol. The lowest BCUT2D eigenvalue weighted by molar-refractivity contribution is -0.138. The quantitative estimate of drug-likeness (QED) is 0.401. The Labute approximate surface area is 153 Å². The smallest absolute Gasteiger partial charge is 0.315 e. The summed E-state index contributed by atoms with van der Waals surface area (Å²) in [5.41, 5.74) is 0. The van der Waals surface area contributed by atoms with E-state index in [9.17, 15) is 14.4 Å². The first kappa shape index (κ1) is 19.9. The number of carbonyl (C=O) groups excluding carboxylic acids is 2. The van der Waals surface area contributed by atoms with Crippen LogP contribution in [0.3, 0.4) is 0 Å². The zero-order chi connectivity index (χ0) is 18.4. The topological polar surface area (TPSA) is 98.7 Å². The highest BCUT2D eigenvalue weighted by molar-refractivity contribution is 8.00. The molecule has 0 radical (unpaired) electrons. The van der Waals surface area contributed by atoms with Crippen molar-refractivity contribution in [3.05, 3.63) is 0 Å². The number of carboxylic acid groups (broad SMARTS) is 1. The molecular formula is C17H29N3O4S. The summed E-state index contributed by atoms with van der Waals surface area (Å²) < 4.78 is 0. The van der Waals surface area contributed by atoms with E-state index in [-0.39, 0.29) is 37.0 Å². The van der Waals surface area contributed by atoms with Gasteiger partial charge in [0.2, 0.25) is 5.91 Å². The third-order valence-corrected chi connectivity index (χ3v) is 6.11. The van der Waals surface area contributed by atoms with Crippen molar-refractivity contribution in [2.45, 2.75) is 63.3 Å². The highest BCUT2D eigenvalue weighted by atomic mass is 32.2. The van der Waals surface area contributed by atoms with Gasteiger partial charge in [0, 0.05) is 30.5 Å². The van der Waals surface area contributed by atoms with Gasteiger partial charge in [-0.05, 0) is 18.8 Å². The first-order valence-corrected chi connectivity index (χ1v) is 10.1. The molecule has 3 amide bonds. The molecule has 3 atom stereocenters. The van der Waals surface area contributed by atoms with Crippen LogP contribution in [0.2, 0.25) is 0 Å². The second-order valence-corrected chi connectivity index (χ2v) is 8.52. The molecule has 2 fully saturated rings. The second kappa shape index (κ2) is 9.31. The molecule has 7 nitrogen and oxygen atoms in total. The summed E-state index contributed by atoms with van der Waals surface area (Å²) in [6.07, 6.45) is 3.18. The first-order chi connectivity index (χ1) is 11.9. The first-order valence-electron chi connectivity index (χ1n) is 9.05. The number of nitrogens with one attached hydrogen (secondary N) is 2. The second-order valence-electron chi connectivity index (χ2n) is 7.24. The Kier molecular flexibility index (Phi) is 7.40. The lowest BCUT2D eigenvalue weighted by Gasteiger charge is -2.24. The molecule has 2 saturated heterocycles. The molecule has 2 heterocycles. The van der Waals surface area contributed by atoms with E-state index < -0.39 is 5.97 Å². The van der Waals surface area contributed by atoms with Crippen LogP contribution in [-0.2, 0) is 9.59 Å². The van der Waals surface area contributed by atoms with Gasteiger partial charge < -0.3 is 20.6 Å². The van der Waals surface area contributed by atoms with Crippen LogP contribution in [0, 0.1) is 5.92 Å². The molecule has 2 aliphatic rings. The van der Waals surface area contributed by atoms with Gasteiger partial charge >= 0.3 is 12.0 Å². The molecule has 25 heavy (non-hydrogen) atoms. The summed E-state index contributed by atoms with van der Waals surface area (Å²) in [5, 5.41) is 15.2. The van der Waals surface area contributed by atoms with E-state index >= 15 is 0 Å². The summed E-state index contributed by atoms with van der Waals surface area (Å²) in [6, 6.07) is 0.376. The number of hydrogen-bond acceptors (Lipinski definition) is 4. The van der Waals surface area contributed by atoms with E-state index in [0.717, 1.165) is 25.0 Å². The minimum atomic E-state index is -0.874. The monoisotopic (exact) mass is 371 g/mol. The lowest BCUT2D eigenvalue weighted by Crippen LogP contribution is -2.37. The average Bonchev–Trinajstić information content (AvgIpc) is 3.06. The van der Waals surface area contributed by atoms with E-state index in [4.69, 9.17) is 5.11 Å². The highest BCUT2D eigenvalue weighted by Crippen LogP contribution is 2.33. The van der Waals surface area contributed by atoms with Crippen LogP contribution in [0.5, 0.6) is 0 Å². The predicted molar refractivity (Wildman–Crippen MR) is 97.6 cm³/mol. The molecule has 142 valence electrons. The largest absolute Gasteiger partial charge is 0.481 e. The lowest BCUT2D eigenvalue weighted by atomic mass is 10.0. The molecule has 0 aliphatic carbocycles. The van der Waals surface area contributed by atoms with E-state index in [2.05, 4.69) is 10.6 Å². The van der Waals surface area contributed by atoms with Gasteiger partial charge in [-0.1, -0.05) is 20.3 Å². The van der Waals surface area contributed by atoms with Crippen molar-refractivity contribution in [1.29, 1.82) is 0 Å². The third kappa shape index (κ3) is 6.09. The third-order valence-electron chi connectivity index (χ3n) is 4.60. The summed E-state index contributed by atoms with van der Waals surface area (Å²) in [4.78, 5) is 36.2. The van der Waals surface area contributed by atoms with Gasteiger partial charge in [0.15, 0.2) is 0 Å². The Morgan fingerprint density at radius 1 is 1.28 bits per heavy atom. The van der Waals surface area contributed by atoms with Crippen molar-refractivity contribution in [2.24, 2.45) is 5.92 Å². The van der Waals surface area contributed by atoms with E-state index in [0.29, 0.717) is 24.1 Å². The van der Waals surface area contributed by atoms with Crippen LogP contribution in [0.1, 0.15) is 46.0 Å². The number of hydrogen-bond donors (Lipinski definition) is 3. The molecule has 8 heteroatoms. The molecule has 0 aromatic heterocycles. The highest BCUT2D eigenvalue weighted by Gasteiger charge is 2.42. The average molecular weight is 372 g/mol. The molecule has 0 aromatic rings. The van der Waals surface area contributed by atoms with Gasteiger partial charge in [0.05, 0.1) is 18.5 Å². The maximum absolute atomic E-state index is 12.4. The number of carboxylic acids is 1. The molecule has 0 spiro atoms. The van der Waals surface area contributed by atoms with Gasteiger partial charge in [0.1, 0.15) is 0 Å². The van der Waals surface area contributed by atoms with Gasteiger partial charge in [0.25, 0.3) is 0 Å². The summed E-state index contributed by atoms with van der Waals surface area (Å²) in [7, 11) is 0. The molecule has 2 rings (SSSR count). The SMILES string of the molecule is CC(C)CN(CCC(=O)O)C(=O)CCCC[C@@H]1SC[C@@H]2NC(=O)N[C@@H]21. The number of thioether (sulfide) groups is 1. The molecule has 2 aliphatic heterocycles. The Balaban J connectivity index is 1.69. The van der Waals surface area contributed by atoms with Gasteiger partial charge in [-0.2, -0.15) is 11.8 Å². The van der Waals surface area contributed by atoms with Gasteiger partial charge in [-0.3, -0.25) is 9.59 Å². The number of nitrogens with zero attached hydrogens (tertiary/aromatic N) is 1. The maximum Gasteiger partial charge on any atom is 0.315 e. The fourth-order valence-corrected chi connectivity index (χ4v) is 4.96. The molecule has 0 saturated carbocycles. The fraction of sp³-hybridized carbons (Fsp3) is 0.824. The van der Waals surface area contributed by atoms with Crippen LogP contribution in [0.15, 0.2) is 0 Å². The van der Waals surface area contributed by atoms with E-state index in [1.54, 1.807) is 4.90 Å². The van der Waals surface area contributed by atoms with Crippen molar-refractivity contribution in [1.82, 2.24) is 15.5 Å². The maximum atomic E-state index is 12.4. The van der Waals surface area contributed by atoms with Crippen molar-refractivity contribution in [3.63, 3.8) is 0 Å². The fourth-order valence-electron chi connectivity index (χ4n) is 3.41. The number of carbonyl (C=O) groups is 3. The van der Waals surface area contributed by atoms with Crippen molar-refractivity contribution < 1.29 is 19.5 Å². The zero-order valence-electron chi connectivity index (χ0n) is 15.0. The molecule has 0 aromatic carbocycles. The number of fused-ring (bicyclic) bond motifs is 1. The summed E-state index contributed by atoms with van der Waals surface area (Å²) in [6.45, 7) is 4.94. The normalized spacial score (nSPS) is 24.8. The summed E-state index contributed by atoms with van der Waals surface area (Å²) >= 11 is 1.88. The van der Waals surface area contributed by atoms with Crippen LogP contribution in [-0.4, -0.2) is 64.1 Å². The van der Waals surface area contributed by atoms with Gasteiger partial charge in [-0.25, -0.2) is 4.79 Å². The molecule has 0 bridgehead atoms. The Hall–Kier alpha value is -1.44. The zero-order valence-corrected chi connectivity index (χ0v) is 15.8. The van der Waals surface area contributed by atoms with Crippen LogP contribution >= 0.6 is 11.8 Å². The Bertz CT molecular complexity index is 500. The predicted octanol–water partition coefficient (Wildman–Crippen LogP) is 1.67. The van der Waals surface area contributed by atoms with Crippen molar-refractivity contribution in [2.75, 3.05) is 18.8 Å². The van der Waals surface area contributed by atoms with E-state index in [1.807, 2.05) is 25.6 Å². The minimum absolute atomic E-state index is 0.00700. The summed E-state index contributed by atoms with van der Waals surface area (Å²) in [5.74, 6) is 0.442.